The number of hydrogen-bond acceptors (Lipinski definition) is 6. The fraction of sp³-hybridized carbons (Fsp3) is 0.0625. The molecule has 0 aliphatic heterocycles. The van der Waals surface area contributed by atoms with E-state index in [0.717, 1.165) is 6.07 Å². The third-order valence-corrected chi connectivity index (χ3v) is 3.47. The summed E-state index contributed by atoms with van der Waals surface area (Å²) in [6.45, 7) is 1.35. The van der Waals surface area contributed by atoms with Gasteiger partial charge in [-0.15, -0.1) is 0 Å². The number of benzene rings is 2. The molecule has 0 spiro atoms. The van der Waals surface area contributed by atoms with Gasteiger partial charge in [-0.3, -0.25) is 19.9 Å². The lowest BCUT2D eigenvalue weighted by atomic mass is 10.2. The highest BCUT2D eigenvalue weighted by atomic mass is 35.5. The van der Waals surface area contributed by atoms with Crippen molar-refractivity contribution in [2.75, 3.05) is 5.32 Å². The number of aliphatic imine (C=N–C) groups is 1. The number of halogens is 1. The number of carbonyl (C=O) groups excluding carboxylic acids is 1. The minimum absolute atomic E-state index is 0.113. The molecule has 0 heterocycles. The standard InChI is InChI=1S/C16H13ClN4O4S/c1-9(22)19-16(26)20-13-4-2-12(3-5-13)18-8-10-6-11(17)7-14(15(10)23)21(24)25/h2-8,23H,1H3,(H2,19,20,22,26). The zero-order valence-electron chi connectivity index (χ0n) is 13.4. The first-order valence-electron chi connectivity index (χ1n) is 7.16. The van der Waals surface area contributed by atoms with Crippen molar-refractivity contribution in [2.45, 2.75) is 6.92 Å². The van der Waals surface area contributed by atoms with Gasteiger partial charge in [0.1, 0.15) is 0 Å². The zero-order chi connectivity index (χ0) is 19.3. The molecule has 10 heteroatoms. The molecular formula is C16H13ClN4O4S. The Bertz CT molecular complexity index is 900. The number of phenolic OH excluding ortho intramolecular Hbond substituents is 1. The lowest BCUT2D eigenvalue weighted by molar-refractivity contribution is -0.385. The van der Waals surface area contributed by atoms with Crippen molar-refractivity contribution >= 4 is 58.1 Å². The highest BCUT2D eigenvalue weighted by Crippen LogP contribution is 2.32. The maximum Gasteiger partial charge on any atom is 0.312 e. The van der Waals surface area contributed by atoms with Gasteiger partial charge in [-0.25, -0.2) is 0 Å². The molecule has 1 amide bonds. The third-order valence-electron chi connectivity index (χ3n) is 3.05. The summed E-state index contributed by atoms with van der Waals surface area (Å²) >= 11 is 10.8. The van der Waals surface area contributed by atoms with Gasteiger partial charge in [0.25, 0.3) is 0 Å². The Kier molecular flexibility index (Phi) is 6.21. The van der Waals surface area contributed by atoms with Gasteiger partial charge in [-0.1, -0.05) is 11.6 Å². The number of aromatic hydroxyl groups is 1. The number of nitro benzene ring substituents is 1. The summed E-state index contributed by atoms with van der Waals surface area (Å²) in [5.74, 6) is -0.791. The Morgan fingerprint density at radius 3 is 2.58 bits per heavy atom. The maximum absolute atomic E-state index is 10.9. The van der Waals surface area contributed by atoms with Gasteiger partial charge in [-0.2, -0.15) is 0 Å². The van der Waals surface area contributed by atoms with Crippen LogP contribution in [0.2, 0.25) is 5.02 Å². The van der Waals surface area contributed by atoms with Crippen LogP contribution in [0.25, 0.3) is 0 Å². The largest absolute Gasteiger partial charge is 0.502 e. The van der Waals surface area contributed by atoms with E-state index in [0.29, 0.717) is 11.4 Å². The van der Waals surface area contributed by atoms with Gasteiger partial charge >= 0.3 is 5.69 Å². The van der Waals surface area contributed by atoms with E-state index in [1.165, 1.54) is 19.2 Å². The number of anilines is 1. The van der Waals surface area contributed by atoms with Gasteiger partial charge in [0.2, 0.25) is 11.7 Å². The summed E-state index contributed by atoms with van der Waals surface area (Å²) in [6.07, 6.45) is 1.28. The Labute approximate surface area is 158 Å². The van der Waals surface area contributed by atoms with Crippen LogP contribution in [0.1, 0.15) is 12.5 Å². The highest BCUT2D eigenvalue weighted by molar-refractivity contribution is 7.80. The summed E-state index contributed by atoms with van der Waals surface area (Å²) in [5, 5.41) is 26.4. The van der Waals surface area contributed by atoms with Gasteiger partial charge in [-0.05, 0) is 42.5 Å². The predicted molar refractivity (Wildman–Crippen MR) is 104 cm³/mol. The Balaban J connectivity index is 2.15. The smallest absolute Gasteiger partial charge is 0.312 e. The van der Waals surface area contributed by atoms with Crippen molar-refractivity contribution in [3.63, 3.8) is 0 Å². The number of phenols is 1. The van der Waals surface area contributed by atoms with Crippen LogP contribution < -0.4 is 10.6 Å². The Morgan fingerprint density at radius 2 is 2.00 bits per heavy atom. The van der Waals surface area contributed by atoms with E-state index < -0.39 is 16.4 Å². The molecule has 2 aromatic rings. The molecule has 26 heavy (non-hydrogen) atoms. The number of hydrogen-bond donors (Lipinski definition) is 3. The number of nitro groups is 1. The highest BCUT2D eigenvalue weighted by Gasteiger charge is 2.17. The van der Waals surface area contributed by atoms with Crippen LogP contribution >= 0.6 is 23.8 Å². The minimum Gasteiger partial charge on any atom is -0.502 e. The van der Waals surface area contributed by atoms with Crippen LogP contribution in [-0.4, -0.2) is 27.3 Å². The third kappa shape index (κ3) is 5.23. The molecule has 0 aliphatic carbocycles. The first kappa shape index (κ1) is 19.3. The molecule has 0 radical (unpaired) electrons. The summed E-state index contributed by atoms with van der Waals surface area (Å²) in [5.41, 5.74) is 0.801. The van der Waals surface area contributed by atoms with Gasteiger partial charge < -0.3 is 15.7 Å². The van der Waals surface area contributed by atoms with Crippen LogP contribution in [0.4, 0.5) is 17.1 Å². The van der Waals surface area contributed by atoms with Gasteiger partial charge in [0.05, 0.1) is 10.6 Å². The van der Waals surface area contributed by atoms with E-state index in [-0.39, 0.29) is 21.6 Å². The SMILES string of the molecule is CC(=O)NC(=S)Nc1ccc(N=Cc2cc(Cl)cc([N+](=O)[O-])c2O)cc1. The molecule has 0 fully saturated rings. The van der Waals surface area contributed by atoms with E-state index in [1.807, 2.05) is 0 Å². The number of nitrogens with zero attached hydrogens (tertiary/aromatic N) is 2. The first-order chi connectivity index (χ1) is 12.3. The molecule has 0 atom stereocenters. The van der Waals surface area contributed by atoms with Crippen molar-refractivity contribution in [3.8, 4) is 5.75 Å². The summed E-state index contributed by atoms with van der Waals surface area (Å²) < 4.78 is 0. The summed E-state index contributed by atoms with van der Waals surface area (Å²) in [4.78, 5) is 25.2. The van der Waals surface area contributed by atoms with E-state index in [4.69, 9.17) is 23.8 Å². The molecular weight excluding hydrogens is 380 g/mol. The molecule has 2 rings (SSSR count). The van der Waals surface area contributed by atoms with Crippen LogP contribution in [-0.2, 0) is 4.79 Å². The number of thiocarbonyl (C=S) groups is 1. The second-order valence-electron chi connectivity index (χ2n) is 5.06. The van der Waals surface area contributed by atoms with Crippen molar-refractivity contribution in [2.24, 2.45) is 4.99 Å². The monoisotopic (exact) mass is 392 g/mol. The number of rotatable bonds is 4. The fourth-order valence-corrected chi connectivity index (χ4v) is 2.42. The van der Waals surface area contributed by atoms with E-state index in [2.05, 4.69) is 15.6 Å². The first-order valence-corrected chi connectivity index (χ1v) is 7.94. The van der Waals surface area contributed by atoms with Crippen molar-refractivity contribution < 1.29 is 14.8 Å². The summed E-state index contributed by atoms with van der Waals surface area (Å²) in [7, 11) is 0. The molecule has 0 bridgehead atoms. The second kappa shape index (κ2) is 8.37. The van der Waals surface area contributed by atoms with Crippen molar-refractivity contribution in [3.05, 3.63) is 57.1 Å². The number of amides is 1. The van der Waals surface area contributed by atoms with Gasteiger partial charge in [0, 0.05) is 35.5 Å². The predicted octanol–water partition coefficient (Wildman–Crippen LogP) is 3.54. The molecule has 0 aromatic heterocycles. The molecule has 134 valence electrons. The average Bonchev–Trinajstić information content (AvgIpc) is 2.55. The van der Waals surface area contributed by atoms with Crippen molar-refractivity contribution in [1.29, 1.82) is 0 Å². The fourth-order valence-electron chi connectivity index (χ4n) is 1.94. The quantitative estimate of drug-likeness (QED) is 0.317. The second-order valence-corrected chi connectivity index (χ2v) is 5.90. The normalized spacial score (nSPS) is 10.5. The van der Waals surface area contributed by atoms with Crippen LogP contribution in [0.15, 0.2) is 41.4 Å². The Morgan fingerprint density at radius 1 is 1.35 bits per heavy atom. The minimum atomic E-state index is -0.725. The van der Waals surface area contributed by atoms with Crippen LogP contribution in [0.3, 0.4) is 0 Å². The van der Waals surface area contributed by atoms with E-state index >= 15 is 0 Å². The number of nitrogens with one attached hydrogen (secondary N) is 2. The zero-order valence-corrected chi connectivity index (χ0v) is 15.0. The van der Waals surface area contributed by atoms with Crippen LogP contribution in [0, 0.1) is 10.1 Å². The molecule has 0 aliphatic rings. The lowest BCUT2D eigenvalue weighted by Gasteiger charge is -2.07. The number of carbonyl (C=O) groups is 1. The summed E-state index contributed by atoms with van der Waals surface area (Å²) in [6, 6.07) is 9.11. The molecule has 3 N–H and O–H groups in total. The molecule has 8 nitrogen and oxygen atoms in total. The van der Waals surface area contributed by atoms with E-state index in [1.54, 1.807) is 24.3 Å². The lowest BCUT2D eigenvalue weighted by Crippen LogP contribution is -2.32. The molecule has 0 unspecified atom stereocenters. The van der Waals surface area contributed by atoms with Crippen molar-refractivity contribution in [1.82, 2.24) is 5.32 Å². The molecule has 2 aromatic carbocycles. The molecule has 0 saturated heterocycles. The maximum atomic E-state index is 10.9. The van der Waals surface area contributed by atoms with E-state index in [9.17, 15) is 20.0 Å². The van der Waals surface area contributed by atoms with Crippen LogP contribution in [0.5, 0.6) is 5.75 Å². The van der Waals surface area contributed by atoms with Gasteiger partial charge in [0.15, 0.2) is 5.11 Å². The topological polar surface area (TPSA) is 117 Å². The average molecular weight is 393 g/mol. The molecule has 0 saturated carbocycles. The Hall–Kier alpha value is -3.04.